The molecule has 0 saturated carbocycles. The number of aliphatic hydroxyl groups is 1. The van der Waals surface area contributed by atoms with Crippen molar-refractivity contribution >= 4 is 0 Å². The van der Waals surface area contributed by atoms with Crippen LogP contribution in [0.2, 0.25) is 0 Å². The van der Waals surface area contributed by atoms with E-state index in [1.807, 2.05) is 0 Å². The maximum Gasteiger partial charge on any atom is 0.0993 e. The Balaban J connectivity index is 2.76. The molecule has 0 aromatic rings. The second kappa shape index (κ2) is 8.94. The first-order valence-electron chi connectivity index (χ1n) is 13.0. The molecule has 0 amide bonds. The van der Waals surface area contributed by atoms with Crippen molar-refractivity contribution in [3.63, 3.8) is 0 Å². The topological polar surface area (TPSA) is 20.2 Å². The van der Waals surface area contributed by atoms with Crippen LogP contribution in [-0.2, 0) is 0 Å². The van der Waals surface area contributed by atoms with Crippen molar-refractivity contribution in [2.75, 3.05) is 0 Å². The van der Waals surface area contributed by atoms with Gasteiger partial charge in [0.25, 0.3) is 0 Å². The Kier molecular flexibility index (Phi) is 7.51. The highest BCUT2D eigenvalue weighted by molar-refractivity contribution is 5.35. The quantitative estimate of drug-likeness (QED) is 0.421. The number of aliphatic hydroxyl groups excluding tert-OH is 1. The summed E-state index contributed by atoms with van der Waals surface area (Å²) in [6, 6.07) is 0. The molecule has 0 aromatic heterocycles. The van der Waals surface area contributed by atoms with Crippen molar-refractivity contribution in [2.24, 2.45) is 38.4 Å². The van der Waals surface area contributed by atoms with Crippen molar-refractivity contribution in [3.05, 3.63) is 59.9 Å². The summed E-state index contributed by atoms with van der Waals surface area (Å²) in [5.41, 5.74) is 0.545. The number of allylic oxidation sites excluding steroid dienone is 9. The van der Waals surface area contributed by atoms with Crippen LogP contribution in [0, 0.1) is 38.4 Å². The van der Waals surface area contributed by atoms with Gasteiger partial charge in [0.05, 0.1) is 5.76 Å². The average molecular weight is 453 g/mol. The molecule has 0 radical (unpaired) electrons. The molecule has 0 aromatic carbocycles. The minimum absolute atomic E-state index is 0.0347. The highest BCUT2D eigenvalue weighted by atomic mass is 16.3. The van der Waals surface area contributed by atoms with Crippen molar-refractivity contribution in [1.29, 1.82) is 0 Å². The van der Waals surface area contributed by atoms with Crippen LogP contribution in [0.1, 0.15) is 102 Å². The van der Waals surface area contributed by atoms with Gasteiger partial charge in [-0.1, -0.05) is 119 Å². The summed E-state index contributed by atoms with van der Waals surface area (Å²) in [4.78, 5) is 0. The minimum atomic E-state index is -0.462. The highest BCUT2D eigenvalue weighted by Crippen LogP contribution is 2.54. The van der Waals surface area contributed by atoms with Crippen molar-refractivity contribution < 1.29 is 5.11 Å². The second-order valence-corrected chi connectivity index (χ2v) is 14.3. The lowest BCUT2D eigenvalue weighted by Crippen LogP contribution is -2.38. The van der Waals surface area contributed by atoms with Gasteiger partial charge in [-0.15, -0.1) is 0 Å². The largest absolute Gasteiger partial charge is 0.512 e. The molecule has 2 rings (SSSR count). The van der Waals surface area contributed by atoms with E-state index in [0.29, 0.717) is 11.7 Å². The summed E-state index contributed by atoms with van der Waals surface area (Å²) >= 11 is 0. The van der Waals surface area contributed by atoms with Crippen LogP contribution in [0.3, 0.4) is 0 Å². The van der Waals surface area contributed by atoms with Gasteiger partial charge in [0.15, 0.2) is 0 Å². The fraction of sp³-hybridized carbons (Fsp3) is 0.688. The number of rotatable bonds is 4. The summed E-state index contributed by atoms with van der Waals surface area (Å²) in [5, 5.41) is 11.7. The Bertz CT molecular complexity index is 863. The zero-order chi connectivity index (χ0) is 25.5. The first-order valence-corrected chi connectivity index (χ1v) is 13.0. The number of hydrogen-bond donors (Lipinski definition) is 1. The maximum atomic E-state index is 11.7. The molecule has 2 aliphatic carbocycles. The van der Waals surface area contributed by atoms with Crippen LogP contribution >= 0.6 is 0 Å². The Morgan fingerprint density at radius 3 is 1.94 bits per heavy atom. The Hall–Kier alpha value is -1.50. The normalized spacial score (nSPS) is 36.0. The summed E-state index contributed by atoms with van der Waals surface area (Å²) in [6.07, 6.45) is 22.0. The minimum Gasteiger partial charge on any atom is -0.512 e. The van der Waals surface area contributed by atoms with Gasteiger partial charge in [0, 0.05) is 16.2 Å². The molecule has 0 saturated heterocycles. The van der Waals surface area contributed by atoms with Crippen LogP contribution in [0.25, 0.3) is 0 Å². The van der Waals surface area contributed by atoms with E-state index in [0.717, 1.165) is 19.3 Å². The van der Waals surface area contributed by atoms with E-state index in [9.17, 15) is 5.11 Å². The van der Waals surface area contributed by atoms with Gasteiger partial charge < -0.3 is 5.11 Å². The fourth-order valence-corrected chi connectivity index (χ4v) is 5.50. The number of hydrogen-bond acceptors (Lipinski definition) is 1. The summed E-state index contributed by atoms with van der Waals surface area (Å²) in [7, 11) is 0. The molecule has 1 N–H and O–H groups in total. The maximum absolute atomic E-state index is 11.7. The molecule has 0 aliphatic heterocycles. The van der Waals surface area contributed by atoms with E-state index in [2.05, 4.69) is 132 Å². The van der Waals surface area contributed by atoms with Crippen LogP contribution in [0.5, 0.6) is 0 Å². The third-order valence-corrected chi connectivity index (χ3v) is 8.98. The van der Waals surface area contributed by atoms with Gasteiger partial charge in [0.1, 0.15) is 0 Å². The fourth-order valence-electron chi connectivity index (χ4n) is 5.50. The average Bonchev–Trinajstić information content (AvgIpc) is 2.71. The smallest absolute Gasteiger partial charge is 0.0993 e. The molecular formula is C32H52O. The van der Waals surface area contributed by atoms with E-state index >= 15 is 0 Å². The molecule has 0 spiro atoms. The van der Waals surface area contributed by atoms with Crippen LogP contribution in [-0.4, -0.2) is 5.11 Å². The zero-order valence-electron chi connectivity index (χ0n) is 23.8. The first kappa shape index (κ1) is 27.7. The molecule has 33 heavy (non-hydrogen) atoms. The van der Waals surface area contributed by atoms with Crippen LogP contribution < -0.4 is 0 Å². The van der Waals surface area contributed by atoms with E-state index in [-0.39, 0.29) is 27.1 Å². The van der Waals surface area contributed by atoms with Gasteiger partial charge in [-0.2, -0.15) is 0 Å². The van der Waals surface area contributed by atoms with Gasteiger partial charge in [-0.25, -0.2) is 0 Å². The van der Waals surface area contributed by atoms with Crippen LogP contribution in [0.15, 0.2) is 59.9 Å². The Morgan fingerprint density at radius 1 is 0.879 bits per heavy atom. The summed E-state index contributed by atoms with van der Waals surface area (Å²) in [6.45, 7) is 27.6. The zero-order valence-corrected chi connectivity index (χ0v) is 23.8. The highest BCUT2D eigenvalue weighted by Gasteiger charge is 2.46. The predicted molar refractivity (Wildman–Crippen MR) is 146 cm³/mol. The molecule has 0 bridgehead atoms. The molecule has 1 nitrogen and oxygen atoms in total. The Labute approximate surface area is 205 Å². The first-order chi connectivity index (χ1) is 14.8. The summed E-state index contributed by atoms with van der Waals surface area (Å²) in [5.74, 6) is 0.829. The SMILES string of the molecule is CC(C1=CCCC=C1)C1(C)/C=C\C(C)(C(C)(C)CC(C)(C)C)/C=C(/O)C(C)(C(C)(C)C)/C=C\1. The molecule has 1 heteroatoms. The van der Waals surface area contributed by atoms with E-state index < -0.39 is 5.41 Å². The summed E-state index contributed by atoms with van der Waals surface area (Å²) < 4.78 is 0. The molecule has 4 unspecified atom stereocenters. The van der Waals surface area contributed by atoms with Crippen molar-refractivity contribution in [2.45, 2.75) is 102 Å². The second-order valence-electron chi connectivity index (χ2n) is 14.3. The molecule has 4 atom stereocenters. The Morgan fingerprint density at radius 2 is 1.45 bits per heavy atom. The van der Waals surface area contributed by atoms with E-state index in [4.69, 9.17) is 0 Å². The lowest BCUT2D eigenvalue weighted by atomic mass is 9.58. The lowest BCUT2D eigenvalue weighted by molar-refractivity contribution is 0.102. The third-order valence-electron chi connectivity index (χ3n) is 8.98. The van der Waals surface area contributed by atoms with Crippen LogP contribution in [0.4, 0.5) is 0 Å². The molecule has 186 valence electrons. The predicted octanol–water partition coefficient (Wildman–Crippen LogP) is 9.99. The molecule has 0 fully saturated rings. The molecule has 0 heterocycles. The van der Waals surface area contributed by atoms with Gasteiger partial charge in [0.2, 0.25) is 0 Å². The van der Waals surface area contributed by atoms with Gasteiger partial charge in [-0.05, 0) is 60.0 Å². The van der Waals surface area contributed by atoms with Crippen molar-refractivity contribution in [3.8, 4) is 0 Å². The third kappa shape index (κ3) is 5.77. The monoisotopic (exact) mass is 452 g/mol. The van der Waals surface area contributed by atoms with Gasteiger partial charge in [-0.3, -0.25) is 0 Å². The standard InChI is InChI=1S/C32H52O/c1-24(25-16-14-13-15-17-25)30(10)18-20-31(11,29(8,9)23-27(2,3)4)22-26(33)32(12,21-19-30)28(5,6)7/h14,16-22,24,33H,13,15,23H2,1-12H3/b20-18-,21-19-,26-22+. The molecular weight excluding hydrogens is 400 g/mol. The van der Waals surface area contributed by atoms with Crippen molar-refractivity contribution in [1.82, 2.24) is 0 Å². The van der Waals surface area contributed by atoms with E-state index in [1.54, 1.807) is 0 Å². The van der Waals surface area contributed by atoms with Gasteiger partial charge >= 0.3 is 0 Å². The lowest BCUT2D eigenvalue weighted by Gasteiger charge is -2.46. The van der Waals surface area contributed by atoms with E-state index in [1.165, 1.54) is 5.57 Å². The molecule has 2 aliphatic rings.